The zero-order valence-corrected chi connectivity index (χ0v) is 9.85. The number of hydrogen-bond acceptors (Lipinski definition) is 2. The fourth-order valence-electron chi connectivity index (χ4n) is 2.59. The van der Waals surface area contributed by atoms with Gasteiger partial charge in [-0.05, 0) is 17.9 Å². The number of benzene rings is 1. The van der Waals surface area contributed by atoms with E-state index in [2.05, 4.69) is 4.98 Å². The Morgan fingerprint density at radius 1 is 1.00 bits per heavy atom. The molecular formula is C15H13NO2. The van der Waals surface area contributed by atoms with Gasteiger partial charge >= 0.3 is 0 Å². The first-order chi connectivity index (χ1) is 8.75. The third kappa shape index (κ3) is 1.78. The van der Waals surface area contributed by atoms with E-state index in [0.717, 1.165) is 17.7 Å². The van der Waals surface area contributed by atoms with Crippen LogP contribution in [0.2, 0.25) is 0 Å². The molecule has 0 fully saturated rings. The van der Waals surface area contributed by atoms with Crippen LogP contribution in [0, 0.1) is 0 Å². The summed E-state index contributed by atoms with van der Waals surface area (Å²) in [4.78, 5) is 26.8. The zero-order valence-electron chi connectivity index (χ0n) is 9.85. The number of carbonyl (C=O) groups excluding carboxylic acids is 1. The Kier molecular flexibility index (Phi) is 2.59. The van der Waals surface area contributed by atoms with Crippen LogP contribution in [0.15, 0.2) is 47.4 Å². The second-order valence-electron chi connectivity index (χ2n) is 4.63. The molecule has 1 atom stereocenters. The number of rotatable bonds is 1. The molecule has 90 valence electrons. The summed E-state index contributed by atoms with van der Waals surface area (Å²) >= 11 is 0. The van der Waals surface area contributed by atoms with Crippen molar-refractivity contribution in [2.75, 3.05) is 0 Å². The van der Waals surface area contributed by atoms with Gasteiger partial charge in [0.1, 0.15) is 0 Å². The number of carbonyl (C=O) groups is 1. The maximum absolute atomic E-state index is 12.1. The molecule has 1 unspecified atom stereocenters. The molecule has 3 rings (SSSR count). The molecule has 18 heavy (non-hydrogen) atoms. The standard InChI is InChI=1S/C15H13NO2/c17-13-6-7-16-12-8-11(9-14(18)15(12)13)10-4-2-1-3-5-10/h1-7,11H,8-9H2,(H,16,17). The molecule has 0 bridgehead atoms. The maximum Gasteiger partial charge on any atom is 0.192 e. The van der Waals surface area contributed by atoms with Crippen molar-refractivity contribution in [2.24, 2.45) is 0 Å². The van der Waals surface area contributed by atoms with Gasteiger partial charge in [-0.1, -0.05) is 30.3 Å². The topological polar surface area (TPSA) is 49.9 Å². The lowest BCUT2D eigenvalue weighted by atomic mass is 9.81. The average molecular weight is 239 g/mol. The summed E-state index contributed by atoms with van der Waals surface area (Å²) in [6.45, 7) is 0. The summed E-state index contributed by atoms with van der Waals surface area (Å²) in [5.41, 5.74) is 2.11. The van der Waals surface area contributed by atoms with Crippen LogP contribution in [0.1, 0.15) is 34.0 Å². The van der Waals surface area contributed by atoms with Gasteiger partial charge in [0, 0.05) is 24.4 Å². The highest BCUT2D eigenvalue weighted by atomic mass is 16.1. The Morgan fingerprint density at radius 2 is 1.78 bits per heavy atom. The Balaban J connectivity index is 2.03. The lowest BCUT2D eigenvalue weighted by Crippen LogP contribution is -2.26. The van der Waals surface area contributed by atoms with E-state index >= 15 is 0 Å². The van der Waals surface area contributed by atoms with Gasteiger partial charge in [-0.2, -0.15) is 0 Å². The summed E-state index contributed by atoms with van der Waals surface area (Å²) in [5.74, 6) is 0.121. The minimum absolute atomic E-state index is 0.0491. The van der Waals surface area contributed by atoms with Crippen molar-refractivity contribution < 1.29 is 4.79 Å². The molecule has 1 N–H and O–H groups in total. The van der Waals surface area contributed by atoms with Gasteiger partial charge in [0.25, 0.3) is 0 Å². The van der Waals surface area contributed by atoms with E-state index in [0.29, 0.717) is 12.0 Å². The number of hydrogen-bond donors (Lipinski definition) is 1. The van der Waals surface area contributed by atoms with Gasteiger partial charge in [-0.3, -0.25) is 9.59 Å². The van der Waals surface area contributed by atoms with Crippen LogP contribution in [-0.2, 0) is 6.42 Å². The van der Waals surface area contributed by atoms with E-state index in [4.69, 9.17) is 0 Å². The van der Waals surface area contributed by atoms with E-state index < -0.39 is 0 Å². The lowest BCUT2D eigenvalue weighted by Gasteiger charge is -2.23. The van der Waals surface area contributed by atoms with Crippen LogP contribution in [-0.4, -0.2) is 10.8 Å². The summed E-state index contributed by atoms with van der Waals surface area (Å²) in [6, 6.07) is 11.4. The minimum atomic E-state index is -0.166. The number of ketones is 1. The van der Waals surface area contributed by atoms with Gasteiger partial charge in [0.15, 0.2) is 11.2 Å². The summed E-state index contributed by atoms with van der Waals surface area (Å²) in [6.07, 6.45) is 2.76. The molecule has 1 aromatic heterocycles. The van der Waals surface area contributed by atoms with Crippen molar-refractivity contribution in [2.45, 2.75) is 18.8 Å². The first-order valence-corrected chi connectivity index (χ1v) is 6.04. The number of H-pyrrole nitrogens is 1. The summed E-state index contributed by atoms with van der Waals surface area (Å²) in [5, 5.41) is 0. The smallest absolute Gasteiger partial charge is 0.192 e. The minimum Gasteiger partial charge on any atom is -0.364 e. The molecule has 0 saturated heterocycles. The second kappa shape index (κ2) is 4.26. The summed E-state index contributed by atoms with van der Waals surface area (Å²) < 4.78 is 0. The Labute approximate surface area is 104 Å². The molecule has 0 aliphatic heterocycles. The van der Waals surface area contributed by atoms with Crippen molar-refractivity contribution in [3.05, 3.63) is 69.6 Å². The second-order valence-corrected chi connectivity index (χ2v) is 4.63. The Bertz CT molecular complexity index is 643. The molecule has 1 aromatic carbocycles. The van der Waals surface area contributed by atoms with E-state index in [1.54, 1.807) is 6.20 Å². The number of nitrogens with one attached hydrogen (secondary N) is 1. The highest BCUT2D eigenvalue weighted by Gasteiger charge is 2.28. The zero-order chi connectivity index (χ0) is 12.5. The van der Waals surface area contributed by atoms with Gasteiger partial charge in [0.2, 0.25) is 0 Å². The molecule has 0 spiro atoms. The van der Waals surface area contributed by atoms with Crippen molar-refractivity contribution in [1.82, 2.24) is 4.98 Å². The lowest BCUT2D eigenvalue weighted by molar-refractivity contribution is 0.0962. The largest absolute Gasteiger partial charge is 0.364 e. The van der Waals surface area contributed by atoms with E-state index in [-0.39, 0.29) is 17.1 Å². The van der Waals surface area contributed by atoms with E-state index in [1.807, 2.05) is 30.3 Å². The number of fused-ring (bicyclic) bond motifs is 1. The van der Waals surface area contributed by atoms with Crippen LogP contribution in [0.25, 0.3) is 0 Å². The number of aromatic amines is 1. The molecule has 1 aliphatic rings. The molecule has 1 heterocycles. The quantitative estimate of drug-likeness (QED) is 0.830. The molecule has 0 amide bonds. The van der Waals surface area contributed by atoms with Crippen molar-refractivity contribution in [1.29, 1.82) is 0 Å². The van der Waals surface area contributed by atoms with Gasteiger partial charge in [0.05, 0.1) is 5.56 Å². The average Bonchev–Trinajstić information content (AvgIpc) is 2.39. The maximum atomic E-state index is 12.1. The van der Waals surface area contributed by atoms with Crippen molar-refractivity contribution in [3.8, 4) is 0 Å². The van der Waals surface area contributed by atoms with Crippen LogP contribution in [0.4, 0.5) is 0 Å². The molecule has 1 aliphatic carbocycles. The van der Waals surface area contributed by atoms with Gasteiger partial charge in [-0.15, -0.1) is 0 Å². The molecular weight excluding hydrogens is 226 g/mol. The monoisotopic (exact) mass is 239 g/mol. The number of pyridine rings is 1. The Hall–Kier alpha value is -2.16. The van der Waals surface area contributed by atoms with Crippen LogP contribution in [0.5, 0.6) is 0 Å². The molecule has 0 radical (unpaired) electrons. The first-order valence-electron chi connectivity index (χ1n) is 6.04. The molecule has 2 aromatic rings. The van der Waals surface area contributed by atoms with Gasteiger partial charge in [-0.25, -0.2) is 0 Å². The fraction of sp³-hybridized carbons (Fsp3) is 0.200. The van der Waals surface area contributed by atoms with Crippen LogP contribution in [0.3, 0.4) is 0 Å². The first kappa shape index (κ1) is 11.0. The third-order valence-corrected chi connectivity index (χ3v) is 3.47. The fourth-order valence-corrected chi connectivity index (χ4v) is 2.59. The van der Waals surface area contributed by atoms with Crippen molar-refractivity contribution >= 4 is 5.78 Å². The SMILES string of the molecule is O=C1CC(c2ccccc2)Cc2[nH]ccc(=O)c21. The highest BCUT2D eigenvalue weighted by Crippen LogP contribution is 2.30. The molecule has 0 saturated carbocycles. The third-order valence-electron chi connectivity index (χ3n) is 3.47. The highest BCUT2D eigenvalue weighted by molar-refractivity contribution is 5.98. The predicted molar refractivity (Wildman–Crippen MR) is 68.9 cm³/mol. The number of Topliss-reactive ketones (excluding diaryl/α,β-unsaturated/α-hetero) is 1. The molecule has 3 nitrogen and oxygen atoms in total. The predicted octanol–water partition coefficient (Wildman–Crippen LogP) is 2.29. The van der Waals surface area contributed by atoms with Crippen molar-refractivity contribution in [3.63, 3.8) is 0 Å². The Morgan fingerprint density at radius 3 is 2.56 bits per heavy atom. The van der Waals surface area contributed by atoms with E-state index in [1.165, 1.54) is 6.07 Å². The molecule has 3 heteroatoms. The normalized spacial score (nSPS) is 18.4. The van der Waals surface area contributed by atoms with Gasteiger partial charge < -0.3 is 4.98 Å². The van der Waals surface area contributed by atoms with Crippen LogP contribution >= 0.6 is 0 Å². The van der Waals surface area contributed by atoms with Crippen LogP contribution < -0.4 is 5.43 Å². The van der Waals surface area contributed by atoms with E-state index in [9.17, 15) is 9.59 Å². The summed E-state index contributed by atoms with van der Waals surface area (Å²) in [7, 11) is 0. The number of aromatic nitrogens is 1.